The molecule has 7 nitrogen and oxygen atoms in total. The molecule has 34 heavy (non-hydrogen) atoms. The van der Waals surface area contributed by atoms with Crippen LogP contribution in [0.1, 0.15) is 68.7 Å². The highest BCUT2D eigenvalue weighted by Crippen LogP contribution is 2.46. The number of hydrogen-bond acceptors (Lipinski definition) is 8. The molecule has 0 amide bonds. The molecule has 190 valence electrons. The number of nitrogens with zero attached hydrogens (tertiary/aromatic N) is 3. The fourth-order valence-electron chi connectivity index (χ4n) is 5.75. The van der Waals surface area contributed by atoms with Crippen LogP contribution in [0.5, 0.6) is 0 Å². The Labute approximate surface area is 208 Å². The van der Waals surface area contributed by atoms with Crippen molar-refractivity contribution >= 4 is 23.3 Å². The van der Waals surface area contributed by atoms with Crippen molar-refractivity contribution in [1.29, 1.82) is 0 Å². The van der Waals surface area contributed by atoms with Crippen LogP contribution < -0.4 is 5.84 Å². The Morgan fingerprint density at radius 2 is 2.09 bits per heavy atom. The van der Waals surface area contributed by atoms with E-state index < -0.39 is 5.60 Å². The van der Waals surface area contributed by atoms with Crippen molar-refractivity contribution in [2.75, 3.05) is 39.5 Å². The third kappa shape index (κ3) is 5.12. The van der Waals surface area contributed by atoms with Crippen molar-refractivity contribution in [2.45, 2.75) is 83.5 Å². The van der Waals surface area contributed by atoms with Crippen molar-refractivity contribution in [2.24, 2.45) is 21.4 Å². The lowest BCUT2D eigenvalue weighted by Crippen LogP contribution is -2.52. The lowest BCUT2D eigenvalue weighted by atomic mass is 9.70. The molecular weight excluding hydrogens is 448 g/mol. The van der Waals surface area contributed by atoms with E-state index in [2.05, 4.69) is 48.8 Å². The molecule has 0 aliphatic carbocycles. The number of piperidine rings is 1. The van der Waals surface area contributed by atoms with Gasteiger partial charge in [0.15, 0.2) is 0 Å². The standard InChI is InChI=1S/C26H42N4O3S/c1-5-21-14-22-23(34-21)6-11-33-25(22)7-10-30(19(2)15-25)17-20(29-27)16-28-18-24(3,4)26(31)8-12-32-13-9-26/h14,16,19,31H,5-13,15,17-18,27H2,1-4H3/b28-16?,29-20+/t19-,25+/m0/s1. The maximum Gasteiger partial charge on any atom is 0.0969 e. The Hall–Kier alpha value is -1.32. The molecule has 1 aromatic rings. The summed E-state index contributed by atoms with van der Waals surface area (Å²) < 4.78 is 11.9. The molecule has 4 heterocycles. The lowest BCUT2D eigenvalue weighted by Gasteiger charge is -2.47. The van der Waals surface area contributed by atoms with Crippen molar-refractivity contribution < 1.29 is 14.6 Å². The van der Waals surface area contributed by atoms with E-state index in [1.807, 2.05) is 11.3 Å². The number of aryl methyl sites for hydroxylation is 1. The third-order valence-electron chi connectivity index (χ3n) is 8.30. The second-order valence-corrected chi connectivity index (χ2v) is 12.1. The minimum atomic E-state index is -0.754. The van der Waals surface area contributed by atoms with Gasteiger partial charge >= 0.3 is 0 Å². The molecule has 0 unspecified atom stereocenters. The van der Waals surface area contributed by atoms with Crippen molar-refractivity contribution in [1.82, 2.24) is 4.90 Å². The minimum Gasteiger partial charge on any atom is -0.389 e. The molecule has 8 heteroatoms. The van der Waals surface area contributed by atoms with Gasteiger partial charge in [-0.2, -0.15) is 5.10 Å². The van der Waals surface area contributed by atoms with Crippen LogP contribution in [-0.2, 0) is 27.9 Å². The SMILES string of the molecule is CCc1cc2c(s1)CCO[C@@]21CCN(C/C(C=NCC(C)(C)C2(O)CCOCC2)=N/N)[C@@H](C)C1. The quantitative estimate of drug-likeness (QED) is 0.347. The average Bonchev–Trinajstić information content (AvgIpc) is 3.25. The number of thiophene rings is 1. The average molecular weight is 491 g/mol. The van der Waals surface area contributed by atoms with Gasteiger partial charge < -0.3 is 20.4 Å². The summed E-state index contributed by atoms with van der Waals surface area (Å²) in [4.78, 5) is 10.1. The Balaban J connectivity index is 1.37. The van der Waals surface area contributed by atoms with E-state index in [1.165, 1.54) is 15.3 Å². The zero-order chi connectivity index (χ0) is 24.4. The second kappa shape index (κ2) is 10.3. The van der Waals surface area contributed by atoms with Gasteiger partial charge in [0.1, 0.15) is 0 Å². The monoisotopic (exact) mass is 490 g/mol. The van der Waals surface area contributed by atoms with Crippen LogP contribution in [-0.4, -0.2) is 73.0 Å². The van der Waals surface area contributed by atoms with Gasteiger partial charge in [-0.15, -0.1) is 11.3 Å². The molecule has 0 bridgehead atoms. The molecule has 2 fully saturated rings. The Morgan fingerprint density at radius 3 is 2.76 bits per heavy atom. The van der Waals surface area contributed by atoms with E-state index in [4.69, 9.17) is 15.3 Å². The minimum absolute atomic E-state index is 0.148. The largest absolute Gasteiger partial charge is 0.389 e. The first-order chi connectivity index (χ1) is 16.2. The number of aliphatic imine (C=N–C) groups is 1. The highest BCUT2D eigenvalue weighted by atomic mass is 32.1. The predicted molar refractivity (Wildman–Crippen MR) is 139 cm³/mol. The molecule has 2 atom stereocenters. The number of ether oxygens (including phenoxy) is 2. The molecule has 0 saturated carbocycles. The molecule has 3 aliphatic heterocycles. The molecule has 1 spiro atoms. The van der Waals surface area contributed by atoms with Crippen LogP contribution >= 0.6 is 11.3 Å². The molecule has 2 saturated heterocycles. The van der Waals surface area contributed by atoms with Crippen LogP contribution in [0.3, 0.4) is 0 Å². The van der Waals surface area contributed by atoms with Crippen molar-refractivity contribution in [3.05, 3.63) is 21.4 Å². The summed E-state index contributed by atoms with van der Waals surface area (Å²) in [5.41, 5.74) is 0.966. The van der Waals surface area contributed by atoms with E-state index in [9.17, 15) is 5.11 Å². The van der Waals surface area contributed by atoms with Gasteiger partial charge in [-0.1, -0.05) is 20.8 Å². The Morgan fingerprint density at radius 1 is 1.32 bits per heavy atom. The number of aliphatic hydroxyl groups is 1. The molecule has 4 rings (SSSR count). The topological polar surface area (TPSA) is 92.7 Å². The van der Waals surface area contributed by atoms with Crippen LogP contribution in [0.2, 0.25) is 0 Å². The second-order valence-electron chi connectivity index (χ2n) is 10.9. The number of fused-ring (bicyclic) bond motifs is 2. The van der Waals surface area contributed by atoms with E-state index in [1.54, 1.807) is 6.21 Å². The highest BCUT2D eigenvalue weighted by molar-refractivity contribution is 7.12. The maximum atomic E-state index is 11.1. The molecule has 0 aromatic carbocycles. The molecule has 3 aliphatic rings. The number of rotatable bonds is 7. The highest BCUT2D eigenvalue weighted by Gasteiger charge is 2.45. The number of nitrogens with two attached hydrogens (primary N) is 1. The summed E-state index contributed by atoms with van der Waals surface area (Å²) in [6.07, 6.45) is 7.19. The first-order valence-corrected chi connectivity index (χ1v) is 13.6. The molecule has 1 aromatic heterocycles. The Bertz CT molecular complexity index is 906. The normalized spacial score (nSPS) is 28.5. The first kappa shape index (κ1) is 25.8. The Kier molecular flexibility index (Phi) is 7.84. The molecule has 0 radical (unpaired) electrons. The van der Waals surface area contributed by atoms with Crippen molar-refractivity contribution in [3.63, 3.8) is 0 Å². The van der Waals surface area contributed by atoms with Gasteiger partial charge in [-0.05, 0) is 37.8 Å². The molecular formula is C26H42N4O3S. The van der Waals surface area contributed by atoms with Gasteiger partial charge in [-0.3, -0.25) is 9.89 Å². The van der Waals surface area contributed by atoms with E-state index in [0.717, 1.165) is 44.5 Å². The fraction of sp³-hybridized carbons (Fsp3) is 0.769. The number of hydrogen-bond donors (Lipinski definition) is 2. The number of likely N-dealkylation sites (tertiary alicyclic amines) is 1. The third-order valence-corrected chi connectivity index (χ3v) is 9.63. The van der Waals surface area contributed by atoms with E-state index >= 15 is 0 Å². The fourth-order valence-corrected chi connectivity index (χ4v) is 6.92. The smallest absolute Gasteiger partial charge is 0.0969 e. The zero-order valence-electron chi connectivity index (χ0n) is 21.3. The zero-order valence-corrected chi connectivity index (χ0v) is 22.1. The van der Waals surface area contributed by atoms with Gasteiger partial charge in [0.25, 0.3) is 0 Å². The maximum absolute atomic E-state index is 11.1. The van der Waals surface area contributed by atoms with Gasteiger partial charge in [0.05, 0.1) is 23.5 Å². The van der Waals surface area contributed by atoms with Crippen molar-refractivity contribution in [3.8, 4) is 0 Å². The van der Waals surface area contributed by atoms with Crippen LogP contribution in [0.15, 0.2) is 16.2 Å². The van der Waals surface area contributed by atoms with E-state index in [-0.39, 0.29) is 11.0 Å². The van der Waals surface area contributed by atoms with Gasteiger partial charge in [0, 0.05) is 79.5 Å². The number of hydrazone groups is 1. The summed E-state index contributed by atoms with van der Waals surface area (Å²) in [6.45, 7) is 12.8. The summed E-state index contributed by atoms with van der Waals surface area (Å²) in [6, 6.07) is 2.75. The predicted octanol–water partition coefficient (Wildman–Crippen LogP) is 3.52. The van der Waals surface area contributed by atoms with Crippen LogP contribution in [0, 0.1) is 5.41 Å². The summed E-state index contributed by atoms with van der Waals surface area (Å²) >= 11 is 1.97. The summed E-state index contributed by atoms with van der Waals surface area (Å²) in [5, 5.41) is 15.1. The van der Waals surface area contributed by atoms with Crippen LogP contribution in [0.25, 0.3) is 0 Å². The summed E-state index contributed by atoms with van der Waals surface area (Å²) in [7, 11) is 0. The molecule has 3 N–H and O–H groups in total. The van der Waals surface area contributed by atoms with Gasteiger partial charge in [-0.25, -0.2) is 0 Å². The first-order valence-electron chi connectivity index (χ1n) is 12.8. The lowest BCUT2D eigenvalue weighted by molar-refractivity contribution is -0.128. The van der Waals surface area contributed by atoms with Gasteiger partial charge in [0.2, 0.25) is 0 Å². The summed E-state index contributed by atoms with van der Waals surface area (Å²) in [5.74, 6) is 5.75. The van der Waals surface area contributed by atoms with Crippen LogP contribution in [0.4, 0.5) is 0 Å². The van der Waals surface area contributed by atoms with E-state index in [0.29, 0.717) is 45.2 Å².